The molecule has 5 nitrogen and oxygen atoms in total. The predicted octanol–water partition coefficient (Wildman–Crippen LogP) is 10.7. The van der Waals surface area contributed by atoms with Crippen molar-refractivity contribution in [1.82, 2.24) is 19.5 Å². The van der Waals surface area contributed by atoms with Crippen LogP contribution in [-0.2, 0) is 0 Å². The van der Waals surface area contributed by atoms with Gasteiger partial charge in [0.1, 0.15) is 10.6 Å². The number of para-hydroxylation sites is 1. The Balaban J connectivity index is 1.19. The normalized spacial score (nSPS) is 11.7. The molecule has 6 heteroatoms. The van der Waals surface area contributed by atoms with Crippen LogP contribution in [0.3, 0.4) is 0 Å². The summed E-state index contributed by atoms with van der Waals surface area (Å²) < 4.78 is 9.68. The Morgan fingerprint density at radius 2 is 1.48 bits per heavy atom. The van der Waals surface area contributed by atoms with E-state index in [1.54, 1.807) is 11.3 Å². The average molecular weight is 595 g/mol. The van der Waals surface area contributed by atoms with Gasteiger partial charge in [-0.3, -0.25) is 0 Å². The van der Waals surface area contributed by atoms with Crippen LogP contribution in [0.5, 0.6) is 11.6 Å². The number of ether oxygens (including phenoxy) is 1. The van der Waals surface area contributed by atoms with Crippen molar-refractivity contribution < 1.29 is 4.74 Å². The van der Waals surface area contributed by atoms with Crippen molar-refractivity contribution in [3.63, 3.8) is 0 Å². The van der Waals surface area contributed by atoms with Crippen LogP contribution >= 0.6 is 11.3 Å². The first-order valence-electron chi connectivity index (χ1n) is 15.1. The molecule has 4 heterocycles. The van der Waals surface area contributed by atoms with Crippen LogP contribution in [0, 0.1) is 6.92 Å². The summed E-state index contributed by atoms with van der Waals surface area (Å²) in [5, 5.41) is 2.38. The van der Waals surface area contributed by atoms with Gasteiger partial charge in [-0.2, -0.15) is 0 Å². The zero-order chi connectivity index (χ0) is 30.4. The maximum absolute atomic E-state index is 6.33. The van der Waals surface area contributed by atoms with E-state index in [2.05, 4.69) is 93.1 Å². The Morgan fingerprint density at radius 1 is 0.727 bits per heavy atom. The lowest BCUT2D eigenvalue weighted by Crippen LogP contribution is -2.05. The van der Waals surface area contributed by atoms with E-state index in [4.69, 9.17) is 19.7 Å². The summed E-state index contributed by atoms with van der Waals surface area (Å²) in [6.45, 7) is 11.0. The Hall–Kier alpha value is -4.81. The Labute approximate surface area is 261 Å². The van der Waals surface area contributed by atoms with E-state index < -0.39 is 0 Å². The van der Waals surface area contributed by atoms with Gasteiger partial charge < -0.3 is 9.30 Å². The van der Waals surface area contributed by atoms with Gasteiger partial charge in [-0.25, -0.2) is 15.0 Å². The second-order valence-electron chi connectivity index (χ2n) is 11.8. The number of pyridine rings is 2. The molecule has 0 unspecified atom stereocenters. The molecule has 0 radical (unpaired) electrons. The molecule has 0 aliphatic rings. The van der Waals surface area contributed by atoms with Crippen molar-refractivity contribution >= 4 is 31.6 Å². The van der Waals surface area contributed by atoms with Gasteiger partial charge in [0.15, 0.2) is 0 Å². The summed E-state index contributed by atoms with van der Waals surface area (Å²) in [5.74, 6) is 2.07. The number of rotatable bonds is 7. The molecule has 0 saturated carbocycles. The predicted molar refractivity (Wildman–Crippen MR) is 182 cm³/mol. The van der Waals surface area contributed by atoms with Crippen molar-refractivity contribution in [2.24, 2.45) is 0 Å². The molecule has 0 atom stereocenters. The Kier molecular flexibility index (Phi) is 7.23. The highest BCUT2D eigenvalue weighted by molar-refractivity contribution is 7.26. The van der Waals surface area contributed by atoms with Gasteiger partial charge in [-0.1, -0.05) is 82.3 Å². The van der Waals surface area contributed by atoms with Crippen molar-refractivity contribution in [1.29, 1.82) is 0 Å². The molecule has 218 valence electrons. The van der Waals surface area contributed by atoms with Crippen molar-refractivity contribution in [2.45, 2.75) is 46.5 Å². The van der Waals surface area contributed by atoms with Crippen molar-refractivity contribution in [3.8, 4) is 39.8 Å². The van der Waals surface area contributed by atoms with Gasteiger partial charge >= 0.3 is 0 Å². The molecule has 0 aliphatic heterocycles. The van der Waals surface area contributed by atoms with Crippen LogP contribution in [0.25, 0.3) is 48.5 Å². The summed E-state index contributed by atoms with van der Waals surface area (Å²) in [5.41, 5.74) is 8.72. The van der Waals surface area contributed by atoms with E-state index in [0.29, 0.717) is 23.5 Å². The van der Waals surface area contributed by atoms with Crippen LogP contribution in [-0.4, -0.2) is 19.5 Å². The van der Waals surface area contributed by atoms with Crippen LogP contribution in [0.1, 0.15) is 56.4 Å². The lowest BCUT2D eigenvalue weighted by molar-refractivity contribution is 0.464. The Morgan fingerprint density at radius 3 is 2.27 bits per heavy atom. The van der Waals surface area contributed by atoms with Crippen LogP contribution in [0.2, 0.25) is 0 Å². The number of imidazole rings is 1. The molecule has 44 heavy (non-hydrogen) atoms. The quantitative estimate of drug-likeness (QED) is 0.184. The number of hydrogen-bond acceptors (Lipinski definition) is 5. The fourth-order valence-corrected chi connectivity index (χ4v) is 7.08. The van der Waals surface area contributed by atoms with Crippen molar-refractivity contribution in [3.05, 3.63) is 120 Å². The summed E-state index contributed by atoms with van der Waals surface area (Å²) in [7, 11) is 0. The lowest BCUT2D eigenvalue weighted by atomic mass is 9.92. The molecule has 7 rings (SSSR count). The van der Waals surface area contributed by atoms with Crippen LogP contribution < -0.4 is 4.74 Å². The molecular formula is C38H34N4OS. The fourth-order valence-electron chi connectivity index (χ4n) is 5.84. The Bertz CT molecular complexity index is 2110. The molecule has 3 aromatic carbocycles. The highest BCUT2D eigenvalue weighted by atomic mass is 32.1. The third kappa shape index (κ3) is 5.16. The summed E-state index contributed by atoms with van der Waals surface area (Å²) in [6, 6.07) is 31.2. The molecule has 0 aliphatic carbocycles. The van der Waals surface area contributed by atoms with E-state index in [0.717, 1.165) is 33.0 Å². The first-order valence-corrected chi connectivity index (χ1v) is 15.9. The van der Waals surface area contributed by atoms with Gasteiger partial charge in [-0.15, -0.1) is 11.3 Å². The number of nitrogens with zero attached hydrogens (tertiary/aromatic N) is 4. The maximum Gasteiger partial charge on any atom is 0.219 e. The number of aromatic nitrogens is 4. The van der Waals surface area contributed by atoms with Gasteiger partial charge in [0.05, 0.1) is 23.4 Å². The molecule has 0 amide bonds. The zero-order valence-electron chi connectivity index (χ0n) is 25.6. The number of thiophene rings is 1. The third-order valence-electron chi connectivity index (χ3n) is 8.04. The van der Waals surface area contributed by atoms with E-state index >= 15 is 0 Å². The van der Waals surface area contributed by atoms with E-state index in [-0.39, 0.29) is 0 Å². The fraction of sp³-hybridized carbons (Fsp3) is 0.184. The van der Waals surface area contributed by atoms with Gasteiger partial charge in [0.25, 0.3) is 0 Å². The van der Waals surface area contributed by atoms with Crippen molar-refractivity contribution in [2.75, 3.05) is 0 Å². The van der Waals surface area contributed by atoms with Crippen LogP contribution in [0.15, 0.2) is 104 Å². The number of hydrogen-bond donors (Lipinski definition) is 0. The highest BCUT2D eigenvalue weighted by Gasteiger charge is 2.17. The molecule has 4 aromatic heterocycles. The van der Waals surface area contributed by atoms with Gasteiger partial charge in [0.2, 0.25) is 5.88 Å². The molecule has 0 fully saturated rings. The monoisotopic (exact) mass is 594 g/mol. The smallest absolute Gasteiger partial charge is 0.219 e. The summed E-state index contributed by atoms with van der Waals surface area (Å²) >= 11 is 1.71. The molecule has 7 aromatic rings. The SMILES string of the molecule is Cc1ccc2c(n1)sc1c(-c3cccc(Oc4cccc(-c5cn(-c6c(C(C)C)cccc6C(C)C)cn5)c4)n3)cccc12. The summed E-state index contributed by atoms with van der Waals surface area (Å²) in [4.78, 5) is 15.5. The average Bonchev–Trinajstić information content (AvgIpc) is 3.66. The van der Waals surface area contributed by atoms with Gasteiger partial charge in [0, 0.05) is 44.6 Å². The number of benzene rings is 3. The molecular weight excluding hydrogens is 561 g/mol. The molecule has 0 saturated heterocycles. The first-order chi connectivity index (χ1) is 21.4. The van der Waals surface area contributed by atoms with Crippen LogP contribution in [0.4, 0.5) is 0 Å². The second kappa shape index (κ2) is 11.4. The van der Waals surface area contributed by atoms with Gasteiger partial charge in [-0.05, 0) is 60.2 Å². The molecule has 0 N–H and O–H groups in total. The van der Waals surface area contributed by atoms with E-state index in [9.17, 15) is 0 Å². The minimum Gasteiger partial charge on any atom is -0.439 e. The molecule has 0 bridgehead atoms. The number of fused-ring (bicyclic) bond motifs is 3. The molecule has 0 spiro atoms. The second-order valence-corrected chi connectivity index (χ2v) is 12.8. The van der Waals surface area contributed by atoms with E-state index in [1.807, 2.05) is 49.6 Å². The lowest BCUT2D eigenvalue weighted by Gasteiger charge is -2.20. The van der Waals surface area contributed by atoms with E-state index in [1.165, 1.54) is 32.3 Å². The first kappa shape index (κ1) is 28.0. The minimum atomic E-state index is 0.404. The largest absolute Gasteiger partial charge is 0.439 e. The standard InChI is InChI=1S/C38H34N4OS/c1-23(2)28-12-7-13-29(24(3)4)36(28)42-21-34(39-22-42)26-10-6-11-27(20-26)43-35-17-9-16-33(41-35)32-15-8-14-30-31-19-18-25(5)40-38(31)44-37(30)32/h6-24H,1-5H3. The maximum atomic E-state index is 6.33. The third-order valence-corrected chi connectivity index (χ3v) is 9.19. The number of aryl methyl sites for hydroxylation is 1. The zero-order valence-corrected chi connectivity index (χ0v) is 26.4. The summed E-state index contributed by atoms with van der Waals surface area (Å²) in [6.07, 6.45) is 4.04. The minimum absolute atomic E-state index is 0.404. The highest BCUT2D eigenvalue weighted by Crippen LogP contribution is 2.39. The topological polar surface area (TPSA) is 52.8 Å².